The van der Waals surface area contributed by atoms with Gasteiger partial charge < -0.3 is 33.7 Å². The first-order valence-electron chi connectivity index (χ1n) is 10.3. The molecule has 0 saturated heterocycles. The van der Waals surface area contributed by atoms with Gasteiger partial charge in [0.25, 0.3) is 0 Å². The van der Waals surface area contributed by atoms with E-state index in [9.17, 15) is 4.79 Å². The van der Waals surface area contributed by atoms with Crippen LogP contribution >= 0.6 is 0 Å². The van der Waals surface area contributed by atoms with E-state index in [2.05, 4.69) is 35.2 Å². The van der Waals surface area contributed by atoms with Crippen LogP contribution < -0.4 is 29.0 Å². The third kappa shape index (κ3) is 6.75. The van der Waals surface area contributed by atoms with Gasteiger partial charge in [-0.1, -0.05) is 0 Å². The predicted molar refractivity (Wildman–Crippen MR) is 121 cm³/mol. The number of carbonyl (C=O) groups excluding carboxylic acids is 1. The Hall–Kier alpha value is -4.49. The van der Waals surface area contributed by atoms with Crippen LogP contribution in [0.1, 0.15) is 6.92 Å². The van der Waals surface area contributed by atoms with Crippen molar-refractivity contribution in [3.8, 4) is 41.2 Å². The first-order chi connectivity index (χ1) is 17.0. The van der Waals surface area contributed by atoms with E-state index in [0.717, 1.165) is 0 Å². The van der Waals surface area contributed by atoms with Gasteiger partial charge in [-0.25, -0.2) is 4.79 Å². The Bertz CT molecular complexity index is 1090. The van der Waals surface area contributed by atoms with E-state index in [4.69, 9.17) is 28.4 Å². The molecule has 1 N–H and O–H groups in total. The second-order valence-corrected chi connectivity index (χ2v) is 6.55. The van der Waals surface area contributed by atoms with Crippen molar-refractivity contribution in [3.63, 3.8) is 0 Å². The number of methoxy groups -OCH3 is 4. The summed E-state index contributed by atoms with van der Waals surface area (Å²) < 4.78 is 31.2. The van der Waals surface area contributed by atoms with E-state index in [1.807, 2.05) is 0 Å². The number of nitrogens with zero attached hydrogens (tertiary/aromatic N) is 6. The molecule has 2 heterocycles. The number of ether oxygens (including phenoxy) is 6. The van der Waals surface area contributed by atoms with E-state index in [1.165, 1.54) is 28.4 Å². The van der Waals surface area contributed by atoms with Crippen molar-refractivity contribution in [2.24, 2.45) is 0 Å². The average Bonchev–Trinajstić information content (AvgIpc) is 2.90. The average molecular weight is 487 g/mol. The molecule has 14 heteroatoms. The molecule has 2 aromatic heterocycles. The molecule has 35 heavy (non-hydrogen) atoms. The molecule has 0 saturated carbocycles. The maximum atomic E-state index is 12.5. The third-order valence-electron chi connectivity index (χ3n) is 4.32. The summed E-state index contributed by atoms with van der Waals surface area (Å²) in [6.45, 7) is 1.81. The quantitative estimate of drug-likeness (QED) is 0.362. The maximum absolute atomic E-state index is 12.5. The SMILES string of the molecule is CCOC(=O)[C@H](COc1ccc(-c2nc(OC)nc(OC)n2)cc1)Nc1nc(OC)nc(OC)n1. The highest BCUT2D eigenvalue weighted by Crippen LogP contribution is 2.23. The molecular weight excluding hydrogens is 462 g/mol. The van der Waals surface area contributed by atoms with E-state index >= 15 is 0 Å². The van der Waals surface area contributed by atoms with Crippen LogP contribution in [0.15, 0.2) is 24.3 Å². The molecule has 0 aliphatic heterocycles. The molecule has 3 rings (SSSR count). The van der Waals surface area contributed by atoms with Gasteiger partial charge in [-0.3, -0.25) is 0 Å². The summed E-state index contributed by atoms with van der Waals surface area (Å²) in [4.78, 5) is 37.0. The summed E-state index contributed by atoms with van der Waals surface area (Å²) in [5, 5.41) is 2.87. The van der Waals surface area contributed by atoms with Gasteiger partial charge in [-0.05, 0) is 31.2 Å². The molecule has 1 atom stereocenters. The number of aromatic nitrogens is 6. The van der Waals surface area contributed by atoms with Gasteiger partial charge in [0.05, 0.1) is 35.0 Å². The molecule has 0 aliphatic carbocycles. The van der Waals surface area contributed by atoms with Crippen LogP contribution in [0, 0.1) is 0 Å². The molecule has 0 fully saturated rings. The van der Waals surface area contributed by atoms with Crippen molar-refractivity contribution in [2.75, 3.05) is 47.0 Å². The topological polar surface area (TPSA) is 162 Å². The Balaban J connectivity index is 1.74. The Morgan fingerprint density at radius 3 is 1.80 bits per heavy atom. The zero-order valence-corrected chi connectivity index (χ0v) is 19.8. The Labute approximate surface area is 201 Å². The van der Waals surface area contributed by atoms with Crippen LogP contribution in [0.3, 0.4) is 0 Å². The molecule has 0 unspecified atom stereocenters. The lowest BCUT2D eigenvalue weighted by molar-refractivity contribution is -0.144. The minimum atomic E-state index is -0.927. The number of benzene rings is 1. The van der Waals surface area contributed by atoms with Crippen LogP contribution in [-0.2, 0) is 9.53 Å². The van der Waals surface area contributed by atoms with Crippen LogP contribution in [-0.4, -0.2) is 83.6 Å². The van der Waals surface area contributed by atoms with Crippen molar-refractivity contribution in [1.82, 2.24) is 29.9 Å². The maximum Gasteiger partial charge on any atom is 0.332 e. The number of carbonyl (C=O) groups is 1. The van der Waals surface area contributed by atoms with Gasteiger partial charge >= 0.3 is 30.0 Å². The number of nitrogens with one attached hydrogen (secondary N) is 1. The Morgan fingerprint density at radius 1 is 0.800 bits per heavy atom. The standard InChI is InChI=1S/C21H25N7O7/c1-6-34-16(29)14(22-17-25-20(32-4)28-21(26-17)33-5)11-35-13-9-7-12(8-10-13)15-23-18(30-2)27-19(24-15)31-3/h7-10,14H,6,11H2,1-5H3,(H,22,25,26,28)/t14-/m0/s1. The zero-order chi connectivity index (χ0) is 25.2. The molecular formula is C21H25N7O7. The van der Waals surface area contributed by atoms with Crippen molar-refractivity contribution in [1.29, 1.82) is 0 Å². The number of hydrogen-bond acceptors (Lipinski definition) is 14. The lowest BCUT2D eigenvalue weighted by atomic mass is 10.2. The van der Waals surface area contributed by atoms with Crippen LogP contribution in [0.4, 0.5) is 5.95 Å². The molecule has 186 valence electrons. The monoisotopic (exact) mass is 487 g/mol. The lowest BCUT2D eigenvalue weighted by Crippen LogP contribution is -2.37. The lowest BCUT2D eigenvalue weighted by Gasteiger charge is -2.18. The second-order valence-electron chi connectivity index (χ2n) is 6.55. The highest BCUT2D eigenvalue weighted by atomic mass is 16.5. The van der Waals surface area contributed by atoms with Gasteiger partial charge in [0, 0.05) is 5.56 Å². The van der Waals surface area contributed by atoms with Crippen LogP contribution in [0.2, 0.25) is 0 Å². The molecule has 0 radical (unpaired) electrons. The van der Waals surface area contributed by atoms with Crippen molar-refractivity contribution >= 4 is 11.9 Å². The number of rotatable bonds is 12. The summed E-state index contributed by atoms with van der Waals surface area (Å²) in [6, 6.07) is 6.27. The summed E-state index contributed by atoms with van der Waals surface area (Å²) in [7, 11) is 5.70. The summed E-state index contributed by atoms with van der Waals surface area (Å²) in [6.07, 6.45) is 0. The fourth-order valence-corrected chi connectivity index (χ4v) is 2.68. The van der Waals surface area contributed by atoms with Crippen LogP contribution in [0.25, 0.3) is 11.4 Å². The Kier molecular flexibility index (Phi) is 8.70. The largest absolute Gasteiger partial charge is 0.491 e. The molecule has 0 spiro atoms. The zero-order valence-electron chi connectivity index (χ0n) is 19.8. The predicted octanol–water partition coefficient (Wildman–Crippen LogP) is 1.18. The first kappa shape index (κ1) is 25.1. The molecule has 0 amide bonds. The van der Waals surface area contributed by atoms with Crippen molar-refractivity contribution in [3.05, 3.63) is 24.3 Å². The summed E-state index contributed by atoms with van der Waals surface area (Å²) in [5.41, 5.74) is 0.681. The number of anilines is 1. The molecule has 3 aromatic rings. The fraction of sp³-hybridized carbons (Fsp3) is 0.381. The number of esters is 1. The van der Waals surface area contributed by atoms with Gasteiger partial charge in [0.2, 0.25) is 5.95 Å². The summed E-state index contributed by atoms with van der Waals surface area (Å²) in [5.74, 6) is 0.364. The smallest absolute Gasteiger partial charge is 0.332 e. The minimum Gasteiger partial charge on any atom is -0.491 e. The van der Waals surface area contributed by atoms with E-state index in [-0.39, 0.29) is 43.2 Å². The third-order valence-corrected chi connectivity index (χ3v) is 4.32. The minimum absolute atomic E-state index is 0.0186. The molecule has 0 bridgehead atoms. The fourth-order valence-electron chi connectivity index (χ4n) is 2.68. The van der Waals surface area contributed by atoms with Gasteiger partial charge in [0.1, 0.15) is 12.4 Å². The first-order valence-corrected chi connectivity index (χ1v) is 10.3. The highest BCUT2D eigenvalue weighted by molar-refractivity contribution is 5.78. The van der Waals surface area contributed by atoms with Gasteiger partial charge in [-0.2, -0.15) is 19.9 Å². The number of hydrogen-bond donors (Lipinski definition) is 1. The molecule has 1 aromatic carbocycles. The van der Waals surface area contributed by atoms with E-state index < -0.39 is 12.0 Å². The highest BCUT2D eigenvalue weighted by Gasteiger charge is 2.23. The molecule has 0 aliphatic rings. The Morgan fingerprint density at radius 2 is 1.31 bits per heavy atom. The second kappa shape index (κ2) is 12.1. The van der Waals surface area contributed by atoms with Gasteiger partial charge in [-0.15, -0.1) is 9.97 Å². The van der Waals surface area contributed by atoms with E-state index in [1.54, 1.807) is 31.2 Å². The van der Waals surface area contributed by atoms with E-state index in [0.29, 0.717) is 17.1 Å². The summed E-state index contributed by atoms with van der Waals surface area (Å²) >= 11 is 0. The molecule has 14 nitrogen and oxygen atoms in total. The van der Waals surface area contributed by atoms with Crippen molar-refractivity contribution < 1.29 is 33.2 Å². The van der Waals surface area contributed by atoms with Gasteiger partial charge in [0.15, 0.2) is 11.9 Å². The van der Waals surface area contributed by atoms with Crippen LogP contribution in [0.5, 0.6) is 29.8 Å². The van der Waals surface area contributed by atoms with Crippen molar-refractivity contribution in [2.45, 2.75) is 13.0 Å². The normalized spacial score (nSPS) is 11.2.